The van der Waals surface area contributed by atoms with Crippen molar-refractivity contribution in [2.24, 2.45) is 0 Å². The SMILES string of the molecule is CC(NCc1ccc2c(c1)OCO2)c1ccccc1.Cl. The molecular formula is C16H18ClNO2. The van der Waals surface area contributed by atoms with Gasteiger partial charge in [-0.3, -0.25) is 0 Å². The fraction of sp³-hybridized carbons (Fsp3) is 0.250. The number of hydrogen-bond donors (Lipinski definition) is 1. The Balaban J connectivity index is 0.00000147. The second-order valence-corrected chi connectivity index (χ2v) is 4.70. The lowest BCUT2D eigenvalue weighted by Crippen LogP contribution is -2.17. The molecule has 1 unspecified atom stereocenters. The Hall–Kier alpha value is -1.71. The zero-order valence-electron chi connectivity index (χ0n) is 11.3. The largest absolute Gasteiger partial charge is 0.454 e. The van der Waals surface area contributed by atoms with Gasteiger partial charge in [0.15, 0.2) is 11.5 Å². The van der Waals surface area contributed by atoms with E-state index in [-0.39, 0.29) is 12.4 Å². The summed E-state index contributed by atoms with van der Waals surface area (Å²) in [5.41, 5.74) is 2.50. The number of hydrogen-bond acceptors (Lipinski definition) is 3. The van der Waals surface area contributed by atoms with Gasteiger partial charge >= 0.3 is 0 Å². The second-order valence-electron chi connectivity index (χ2n) is 4.70. The third-order valence-electron chi connectivity index (χ3n) is 3.35. The highest BCUT2D eigenvalue weighted by atomic mass is 35.5. The molecule has 3 rings (SSSR count). The minimum absolute atomic E-state index is 0. The first kappa shape index (κ1) is 14.7. The molecular weight excluding hydrogens is 274 g/mol. The van der Waals surface area contributed by atoms with Crippen molar-refractivity contribution in [1.29, 1.82) is 0 Å². The van der Waals surface area contributed by atoms with Crippen LogP contribution in [0.25, 0.3) is 0 Å². The van der Waals surface area contributed by atoms with Crippen LogP contribution in [0.3, 0.4) is 0 Å². The van der Waals surface area contributed by atoms with Crippen LogP contribution in [-0.2, 0) is 6.54 Å². The van der Waals surface area contributed by atoms with Crippen molar-refractivity contribution in [3.05, 3.63) is 59.7 Å². The molecule has 0 aliphatic carbocycles. The van der Waals surface area contributed by atoms with Crippen LogP contribution in [-0.4, -0.2) is 6.79 Å². The number of nitrogens with one attached hydrogen (secondary N) is 1. The van der Waals surface area contributed by atoms with Gasteiger partial charge in [0.2, 0.25) is 6.79 Å². The third-order valence-corrected chi connectivity index (χ3v) is 3.35. The molecule has 4 heteroatoms. The molecule has 0 saturated heterocycles. The first-order valence-corrected chi connectivity index (χ1v) is 6.50. The molecule has 1 aliphatic rings. The topological polar surface area (TPSA) is 30.5 Å². The number of ether oxygens (including phenoxy) is 2. The van der Waals surface area contributed by atoms with Gasteiger partial charge in [0, 0.05) is 12.6 Å². The Labute approximate surface area is 125 Å². The van der Waals surface area contributed by atoms with E-state index in [0.717, 1.165) is 18.0 Å². The zero-order chi connectivity index (χ0) is 13.1. The molecule has 0 aromatic heterocycles. The first-order valence-electron chi connectivity index (χ1n) is 6.50. The summed E-state index contributed by atoms with van der Waals surface area (Å²) in [6, 6.07) is 16.8. The number of fused-ring (bicyclic) bond motifs is 1. The van der Waals surface area contributed by atoms with Crippen molar-refractivity contribution < 1.29 is 9.47 Å². The fourth-order valence-corrected chi connectivity index (χ4v) is 2.18. The van der Waals surface area contributed by atoms with Crippen LogP contribution in [0.2, 0.25) is 0 Å². The molecule has 106 valence electrons. The van der Waals surface area contributed by atoms with E-state index in [4.69, 9.17) is 9.47 Å². The highest BCUT2D eigenvalue weighted by Gasteiger charge is 2.13. The molecule has 3 nitrogen and oxygen atoms in total. The van der Waals surface area contributed by atoms with Crippen LogP contribution in [0, 0.1) is 0 Å². The van der Waals surface area contributed by atoms with E-state index in [1.165, 1.54) is 11.1 Å². The van der Waals surface area contributed by atoms with Crippen molar-refractivity contribution in [3.63, 3.8) is 0 Å². The first-order chi connectivity index (χ1) is 9.33. The standard InChI is InChI=1S/C16H17NO2.ClH/c1-12(14-5-3-2-4-6-14)17-10-13-7-8-15-16(9-13)19-11-18-15;/h2-9,12,17H,10-11H2,1H3;1H. The van der Waals surface area contributed by atoms with Gasteiger partial charge in [-0.15, -0.1) is 12.4 Å². The maximum Gasteiger partial charge on any atom is 0.231 e. The highest BCUT2D eigenvalue weighted by Crippen LogP contribution is 2.32. The molecule has 0 saturated carbocycles. The number of halogens is 1. The molecule has 2 aromatic carbocycles. The van der Waals surface area contributed by atoms with Gasteiger partial charge < -0.3 is 14.8 Å². The van der Waals surface area contributed by atoms with Crippen LogP contribution >= 0.6 is 12.4 Å². The van der Waals surface area contributed by atoms with Gasteiger partial charge in [-0.25, -0.2) is 0 Å². The second kappa shape index (κ2) is 6.64. The lowest BCUT2D eigenvalue weighted by atomic mass is 10.1. The van der Waals surface area contributed by atoms with Crippen molar-refractivity contribution >= 4 is 12.4 Å². The molecule has 0 bridgehead atoms. The summed E-state index contributed by atoms with van der Waals surface area (Å²) in [5, 5.41) is 3.51. The molecule has 1 atom stereocenters. The quantitative estimate of drug-likeness (QED) is 0.932. The molecule has 1 heterocycles. The minimum atomic E-state index is 0. The predicted molar refractivity (Wildman–Crippen MR) is 81.5 cm³/mol. The van der Waals surface area contributed by atoms with E-state index in [1.807, 2.05) is 18.2 Å². The summed E-state index contributed by atoms with van der Waals surface area (Å²) < 4.78 is 10.7. The maximum absolute atomic E-state index is 5.38. The Kier molecular flexibility index (Phi) is 4.88. The van der Waals surface area contributed by atoms with Crippen LogP contribution in [0.1, 0.15) is 24.1 Å². The van der Waals surface area contributed by atoms with E-state index < -0.39 is 0 Å². The number of rotatable bonds is 4. The predicted octanol–water partition coefficient (Wildman–Crippen LogP) is 3.69. The molecule has 2 aromatic rings. The summed E-state index contributed by atoms with van der Waals surface area (Å²) in [5.74, 6) is 1.67. The van der Waals surface area contributed by atoms with Crippen LogP contribution in [0.4, 0.5) is 0 Å². The smallest absolute Gasteiger partial charge is 0.231 e. The lowest BCUT2D eigenvalue weighted by Gasteiger charge is -2.14. The van der Waals surface area contributed by atoms with Gasteiger partial charge in [0.1, 0.15) is 0 Å². The molecule has 0 amide bonds. The molecule has 1 aliphatic heterocycles. The molecule has 0 spiro atoms. The zero-order valence-corrected chi connectivity index (χ0v) is 12.2. The van der Waals surface area contributed by atoms with Crippen molar-refractivity contribution in [3.8, 4) is 11.5 Å². The van der Waals surface area contributed by atoms with Crippen LogP contribution in [0.5, 0.6) is 11.5 Å². The van der Waals surface area contributed by atoms with E-state index in [9.17, 15) is 0 Å². The summed E-state index contributed by atoms with van der Waals surface area (Å²) in [6.07, 6.45) is 0. The van der Waals surface area contributed by atoms with Gasteiger partial charge in [0.05, 0.1) is 0 Å². The summed E-state index contributed by atoms with van der Waals surface area (Å²) in [4.78, 5) is 0. The Morgan fingerprint density at radius 2 is 1.80 bits per heavy atom. The highest BCUT2D eigenvalue weighted by molar-refractivity contribution is 5.85. The average molecular weight is 292 g/mol. The van der Waals surface area contributed by atoms with Crippen molar-refractivity contribution in [2.45, 2.75) is 19.5 Å². The van der Waals surface area contributed by atoms with Gasteiger partial charge in [-0.2, -0.15) is 0 Å². The Bertz CT molecular complexity index is 560. The normalized spacial score (nSPS) is 13.7. The minimum Gasteiger partial charge on any atom is -0.454 e. The molecule has 1 N–H and O–H groups in total. The summed E-state index contributed by atoms with van der Waals surface area (Å²) in [7, 11) is 0. The van der Waals surface area contributed by atoms with Gasteiger partial charge in [0.25, 0.3) is 0 Å². The molecule has 20 heavy (non-hydrogen) atoms. The Morgan fingerprint density at radius 3 is 2.60 bits per heavy atom. The van der Waals surface area contributed by atoms with Crippen molar-refractivity contribution in [2.75, 3.05) is 6.79 Å². The third kappa shape index (κ3) is 3.24. The molecule has 0 radical (unpaired) electrons. The molecule has 0 fully saturated rings. The number of benzene rings is 2. The fourth-order valence-electron chi connectivity index (χ4n) is 2.18. The van der Waals surface area contributed by atoms with E-state index in [1.54, 1.807) is 0 Å². The van der Waals surface area contributed by atoms with Crippen LogP contribution in [0.15, 0.2) is 48.5 Å². The maximum atomic E-state index is 5.38. The summed E-state index contributed by atoms with van der Waals surface area (Å²) in [6.45, 7) is 3.31. The Morgan fingerprint density at radius 1 is 1.05 bits per heavy atom. The monoisotopic (exact) mass is 291 g/mol. The van der Waals surface area contributed by atoms with Crippen LogP contribution < -0.4 is 14.8 Å². The van der Waals surface area contributed by atoms with E-state index in [2.05, 4.69) is 42.6 Å². The lowest BCUT2D eigenvalue weighted by molar-refractivity contribution is 0.174. The van der Waals surface area contributed by atoms with Crippen molar-refractivity contribution in [1.82, 2.24) is 5.32 Å². The van der Waals surface area contributed by atoms with Gasteiger partial charge in [-0.1, -0.05) is 36.4 Å². The van der Waals surface area contributed by atoms with E-state index in [0.29, 0.717) is 12.8 Å². The summed E-state index contributed by atoms with van der Waals surface area (Å²) >= 11 is 0. The van der Waals surface area contributed by atoms with Gasteiger partial charge in [-0.05, 0) is 30.2 Å². The average Bonchev–Trinajstić information content (AvgIpc) is 2.93. The van der Waals surface area contributed by atoms with E-state index >= 15 is 0 Å².